The summed E-state index contributed by atoms with van der Waals surface area (Å²) in [5, 5.41) is 0. The van der Waals surface area contributed by atoms with Gasteiger partial charge in [-0.15, -0.1) is 11.6 Å². The molecule has 2 N–H and O–H groups in total. The third-order valence-corrected chi connectivity index (χ3v) is 2.44. The van der Waals surface area contributed by atoms with Crippen molar-refractivity contribution in [3.8, 4) is 0 Å². The Morgan fingerprint density at radius 2 is 2.25 bits per heavy atom. The van der Waals surface area contributed by atoms with E-state index in [1.54, 1.807) is 12.1 Å². The number of halogens is 2. The first-order chi connectivity index (χ1) is 5.66. The van der Waals surface area contributed by atoms with E-state index in [1.165, 1.54) is 0 Å². The fourth-order valence-corrected chi connectivity index (χ4v) is 1.78. The molecule has 0 aliphatic carbocycles. The van der Waals surface area contributed by atoms with Crippen molar-refractivity contribution < 1.29 is 4.79 Å². The Bertz CT molecular complexity index is 314. The minimum Gasteiger partial charge on any atom is -0.366 e. The number of rotatable bonds is 2. The van der Waals surface area contributed by atoms with E-state index in [2.05, 4.69) is 15.9 Å². The Balaban J connectivity index is 3.29. The van der Waals surface area contributed by atoms with Gasteiger partial charge in [-0.1, -0.05) is 12.1 Å². The molecule has 0 heterocycles. The number of alkyl halides is 1. The molecule has 0 fully saturated rings. The maximum Gasteiger partial charge on any atom is 0.250 e. The van der Waals surface area contributed by atoms with E-state index in [9.17, 15) is 4.79 Å². The lowest BCUT2D eigenvalue weighted by molar-refractivity contribution is 0.0999. The minimum atomic E-state index is -0.460. The van der Waals surface area contributed by atoms with Gasteiger partial charge in [-0.3, -0.25) is 4.79 Å². The van der Waals surface area contributed by atoms with Gasteiger partial charge in [0.1, 0.15) is 0 Å². The molecule has 0 spiro atoms. The molecular weight excluding hydrogens is 241 g/mol. The van der Waals surface area contributed by atoms with Crippen molar-refractivity contribution >= 4 is 33.4 Å². The van der Waals surface area contributed by atoms with Gasteiger partial charge in [-0.25, -0.2) is 0 Å². The molecule has 64 valence electrons. The number of hydrogen-bond acceptors (Lipinski definition) is 1. The third-order valence-electron chi connectivity index (χ3n) is 1.49. The number of primary amides is 1. The summed E-state index contributed by atoms with van der Waals surface area (Å²) in [5.74, 6) is -0.171. The molecule has 2 nitrogen and oxygen atoms in total. The van der Waals surface area contributed by atoms with E-state index in [4.69, 9.17) is 17.3 Å². The van der Waals surface area contributed by atoms with Crippen molar-refractivity contribution in [3.05, 3.63) is 33.8 Å². The topological polar surface area (TPSA) is 43.1 Å². The van der Waals surface area contributed by atoms with Crippen molar-refractivity contribution in [2.75, 3.05) is 0 Å². The molecular formula is C8H7BrClNO. The van der Waals surface area contributed by atoms with Crippen LogP contribution in [0.2, 0.25) is 0 Å². The van der Waals surface area contributed by atoms with Crippen LogP contribution in [0.25, 0.3) is 0 Å². The van der Waals surface area contributed by atoms with Crippen LogP contribution in [0.3, 0.4) is 0 Å². The van der Waals surface area contributed by atoms with E-state index in [-0.39, 0.29) is 5.88 Å². The zero-order valence-electron chi connectivity index (χ0n) is 6.18. The van der Waals surface area contributed by atoms with Crippen molar-refractivity contribution in [3.63, 3.8) is 0 Å². The van der Waals surface area contributed by atoms with Crippen LogP contribution in [0.1, 0.15) is 15.9 Å². The molecule has 1 rings (SSSR count). The number of benzene rings is 1. The van der Waals surface area contributed by atoms with Gasteiger partial charge in [-0.2, -0.15) is 0 Å². The van der Waals surface area contributed by atoms with Crippen LogP contribution in [-0.4, -0.2) is 5.91 Å². The highest BCUT2D eigenvalue weighted by molar-refractivity contribution is 9.10. The lowest BCUT2D eigenvalue weighted by atomic mass is 10.1. The quantitative estimate of drug-likeness (QED) is 0.802. The maximum atomic E-state index is 10.9. The smallest absolute Gasteiger partial charge is 0.250 e. The summed E-state index contributed by atoms with van der Waals surface area (Å²) in [6, 6.07) is 5.35. The predicted octanol–water partition coefficient (Wildman–Crippen LogP) is 2.29. The normalized spacial score (nSPS) is 9.83. The summed E-state index contributed by atoms with van der Waals surface area (Å²) in [5.41, 5.74) is 6.38. The van der Waals surface area contributed by atoms with Gasteiger partial charge in [0.15, 0.2) is 0 Å². The van der Waals surface area contributed by atoms with Gasteiger partial charge >= 0.3 is 0 Å². The molecule has 0 unspecified atom stereocenters. The second-order valence-corrected chi connectivity index (χ2v) is 3.39. The first-order valence-electron chi connectivity index (χ1n) is 3.30. The zero-order valence-corrected chi connectivity index (χ0v) is 8.52. The molecule has 0 bridgehead atoms. The Hall–Kier alpha value is -0.540. The van der Waals surface area contributed by atoms with Crippen LogP contribution in [0.15, 0.2) is 22.7 Å². The average Bonchev–Trinajstić information content (AvgIpc) is 2.03. The van der Waals surface area contributed by atoms with Crippen LogP contribution in [0.4, 0.5) is 0 Å². The first kappa shape index (κ1) is 9.55. The van der Waals surface area contributed by atoms with Crippen molar-refractivity contribution in [1.82, 2.24) is 0 Å². The molecule has 0 saturated carbocycles. The van der Waals surface area contributed by atoms with E-state index in [0.717, 1.165) is 5.56 Å². The maximum absolute atomic E-state index is 10.9. The summed E-state index contributed by atoms with van der Waals surface area (Å²) in [6.45, 7) is 0. The number of nitrogens with two attached hydrogens (primary N) is 1. The molecule has 0 atom stereocenters. The van der Waals surface area contributed by atoms with E-state index >= 15 is 0 Å². The lowest BCUT2D eigenvalue weighted by Gasteiger charge is -2.04. The third kappa shape index (κ3) is 1.79. The van der Waals surface area contributed by atoms with E-state index in [1.807, 2.05) is 6.07 Å². The molecule has 4 heteroatoms. The lowest BCUT2D eigenvalue weighted by Crippen LogP contribution is -2.14. The monoisotopic (exact) mass is 247 g/mol. The molecule has 12 heavy (non-hydrogen) atoms. The minimum absolute atomic E-state index is 0.289. The molecule has 0 aromatic heterocycles. The number of hydrogen-bond donors (Lipinski definition) is 1. The predicted molar refractivity (Wildman–Crippen MR) is 52.2 cm³/mol. The number of amides is 1. The Labute approximate surface area is 83.8 Å². The summed E-state index contributed by atoms with van der Waals surface area (Å²) >= 11 is 8.85. The summed E-state index contributed by atoms with van der Waals surface area (Å²) in [4.78, 5) is 10.9. The molecule has 0 aliphatic heterocycles. The number of carbonyl (C=O) groups is 1. The van der Waals surface area contributed by atoms with Crippen LogP contribution < -0.4 is 5.73 Å². The van der Waals surface area contributed by atoms with Gasteiger partial charge in [0.2, 0.25) is 5.91 Å². The SMILES string of the molecule is NC(=O)c1c(Br)cccc1CCl. The van der Waals surface area contributed by atoms with Crippen molar-refractivity contribution in [1.29, 1.82) is 0 Å². The second-order valence-electron chi connectivity index (χ2n) is 2.27. The molecule has 0 aliphatic rings. The summed E-state index contributed by atoms with van der Waals surface area (Å²) < 4.78 is 0.688. The fraction of sp³-hybridized carbons (Fsp3) is 0.125. The second kappa shape index (κ2) is 3.92. The Morgan fingerprint density at radius 3 is 2.67 bits per heavy atom. The summed E-state index contributed by atoms with van der Waals surface area (Å²) in [6.07, 6.45) is 0. The van der Waals surface area contributed by atoms with Crippen molar-refractivity contribution in [2.45, 2.75) is 5.88 Å². The largest absolute Gasteiger partial charge is 0.366 e. The molecule has 1 aromatic rings. The van der Waals surface area contributed by atoms with Gasteiger partial charge in [0, 0.05) is 10.4 Å². The van der Waals surface area contributed by atoms with E-state index < -0.39 is 5.91 Å². The molecule has 0 saturated heterocycles. The highest BCUT2D eigenvalue weighted by atomic mass is 79.9. The van der Waals surface area contributed by atoms with Gasteiger partial charge < -0.3 is 5.73 Å². The number of carbonyl (C=O) groups excluding carboxylic acids is 1. The van der Waals surface area contributed by atoms with Gasteiger partial charge in [0.25, 0.3) is 0 Å². The van der Waals surface area contributed by atoms with Crippen LogP contribution >= 0.6 is 27.5 Å². The molecule has 1 amide bonds. The highest BCUT2D eigenvalue weighted by Gasteiger charge is 2.10. The zero-order chi connectivity index (χ0) is 9.14. The van der Waals surface area contributed by atoms with Crippen molar-refractivity contribution in [2.24, 2.45) is 5.73 Å². The van der Waals surface area contributed by atoms with Crippen LogP contribution in [0, 0.1) is 0 Å². The van der Waals surface area contributed by atoms with Gasteiger partial charge in [-0.05, 0) is 27.6 Å². The van der Waals surface area contributed by atoms with Crippen LogP contribution in [0.5, 0.6) is 0 Å². The Kier molecular flexibility index (Phi) is 3.12. The van der Waals surface area contributed by atoms with Crippen LogP contribution in [-0.2, 0) is 5.88 Å². The standard InChI is InChI=1S/C8H7BrClNO/c9-6-3-1-2-5(4-10)7(6)8(11)12/h1-3H,4H2,(H2,11,12). The average molecular weight is 249 g/mol. The molecule has 1 aromatic carbocycles. The highest BCUT2D eigenvalue weighted by Crippen LogP contribution is 2.21. The van der Waals surface area contributed by atoms with Gasteiger partial charge in [0.05, 0.1) is 5.56 Å². The van der Waals surface area contributed by atoms with E-state index in [0.29, 0.717) is 10.0 Å². The summed E-state index contributed by atoms with van der Waals surface area (Å²) in [7, 11) is 0. The first-order valence-corrected chi connectivity index (χ1v) is 4.62. The fourth-order valence-electron chi connectivity index (χ4n) is 0.956. The Morgan fingerprint density at radius 1 is 1.58 bits per heavy atom. The molecule has 0 radical (unpaired) electrons.